The normalized spacial score (nSPS) is 11.8. The van der Waals surface area contributed by atoms with Crippen molar-refractivity contribution in [2.24, 2.45) is 4.99 Å². The molecule has 4 rings (SSSR count). The minimum Gasteiger partial charge on any atom is -0.467 e. The zero-order valence-corrected chi connectivity index (χ0v) is 16.8. The number of nitrogens with zero attached hydrogens (tertiary/aromatic N) is 1. The molecule has 0 aliphatic carbocycles. The lowest BCUT2D eigenvalue weighted by Crippen LogP contribution is -2.28. The van der Waals surface area contributed by atoms with E-state index >= 15 is 0 Å². The van der Waals surface area contributed by atoms with E-state index in [0.29, 0.717) is 27.6 Å². The fraction of sp³-hybridized carbons (Fsp3) is 0.130. The highest BCUT2D eigenvalue weighted by Crippen LogP contribution is 2.21. The van der Waals surface area contributed by atoms with Crippen molar-refractivity contribution in [2.45, 2.75) is 20.4 Å². The molecular formula is C23H19ClN2O3. The van der Waals surface area contributed by atoms with Gasteiger partial charge in [-0.25, -0.2) is 4.99 Å². The van der Waals surface area contributed by atoms with Crippen molar-refractivity contribution in [3.8, 4) is 0 Å². The first-order valence-electron chi connectivity index (χ1n) is 9.15. The lowest BCUT2D eigenvalue weighted by Gasteiger charge is -2.07. The summed E-state index contributed by atoms with van der Waals surface area (Å²) in [5.74, 6) is 0.348. The fourth-order valence-electron chi connectivity index (χ4n) is 2.94. The summed E-state index contributed by atoms with van der Waals surface area (Å²) in [7, 11) is 0. The molecule has 0 fully saturated rings. The molecule has 0 atom stereocenters. The zero-order chi connectivity index (χ0) is 20.4. The molecule has 29 heavy (non-hydrogen) atoms. The van der Waals surface area contributed by atoms with Crippen LogP contribution in [0, 0.1) is 13.8 Å². The number of furan rings is 1. The number of hydrogen-bond acceptors (Lipinski definition) is 4. The van der Waals surface area contributed by atoms with Crippen LogP contribution in [0.4, 0.5) is 5.69 Å². The number of halogens is 1. The van der Waals surface area contributed by atoms with Gasteiger partial charge in [0.05, 0.1) is 18.5 Å². The number of benzene rings is 2. The highest BCUT2D eigenvalue weighted by atomic mass is 35.5. The van der Waals surface area contributed by atoms with E-state index < -0.39 is 0 Å². The molecule has 1 N–H and O–H groups in total. The van der Waals surface area contributed by atoms with Gasteiger partial charge < -0.3 is 14.2 Å². The maximum absolute atomic E-state index is 12.9. The maximum atomic E-state index is 12.9. The Morgan fingerprint density at radius 3 is 2.69 bits per heavy atom. The van der Waals surface area contributed by atoms with Crippen molar-refractivity contribution < 1.29 is 13.6 Å². The topological polar surface area (TPSA) is 67.7 Å². The van der Waals surface area contributed by atoms with Gasteiger partial charge in [0.25, 0.3) is 5.91 Å². The minimum atomic E-state index is -0.311. The highest BCUT2D eigenvalue weighted by molar-refractivity contribution is 6.31. The average molecular weight is 407 g/mol. The summed E-state index contributed by atoms with van der Waals surface area (Å²) >= 11 is 6.10. The third-order valence-electron chi connectivity index (χ3n) is 4.68. The Balaban J connectivity index is 1.80. The Kier molecular flexibility index (Phi) is 5.23. The molecule has 0 aliphatic rings. The molecule has 2 aromatic heterocycles. The SMILES string of the molecule is Cc1ccc(N=c2oc3ccc(Cl)cc3cc2C(=O)NCc2ccco2)cc1C. The van der Waals surface area contributed by atoms with Crippen molar-refractivity contribution in [1.29, 1.82) is 0 Å². The maximum Gasteiger partial charge on any atom is 0.257 e. The second kappa shape index (κ2) is 7.97. The summed E-state index contributed by atoms with van der Waals surface area (Å²) in [6.45, 7) is 4.32. The molecule has 0 saturated heterocycles. The van der Waals surface area contributed by atoms with Crippen LogP contribution in [-0.2, 0) is 6.54 Å². The monoisotopic (exact) mass is 406 g/mol. The van der Waals surface area contributed by atoms with E-state index in [2.05, 4.69) is 10.3 Å². The Bertz CT molecular complexity index is 1260. The van der Waals surface area contributed by atoms with E-state index in [9.17, 15) is 4.79 Å². The van der Waals surface area contributed by atoms with E-state index in [4.69, 9.17) is 20.4 Å². The fourth-order valence-corrected chi connectivity index (χ4v) is 3.12. The van der Waals surface area contributed by atoms with Crippen LogP contribution in [0.15, 0.2) is 74.7 Å². The predicted octanol–water partition coefficient (Wildman–Crippen LogP) is 5.46. The number of rotatable bonds is 4. The molecule has 146 valence electrons. The van der Waals surface area contributed by atoms with Gasteiger partial charge in [-0.3, -0.25) is 4.79 Å². The van der Waals surface area contributed by atoms with Crippen LogP contribution in [0.3, 0.4) is 0 Å². The van der Waals surface area contributed by atoms with Gasteiger partial charge in [-0.05, 0) is 73.5 Å². The van der Waals surface area contributed by atoms with Gasteiger partial charge in [-0.15, -0.1) is 0 Å². The largest absolute Gasteiger partial charge is 0.467 e. The molecule has 1 amide bonds. The summed E-state index contributed by atoms with van der Waals surface area (Å²) in [5, 5.41) is 4.13. The standard InChI is InChI=1S/C23H19ClN2O3/c1-14-5-7-18(10-15(14)2)26-23-20(22(27)25-13-19-4-3-9-28-19)12-16-11-17(24)6-8-21(16)29-23/h3-12H,13H2,1-2H3,(H,25,27). The number of fused-ring (bicyclic) bond motifs is 1. The van der Waals surface area contributed by atoms with E-state index in [-0.39, 0.29) is 18.0 Å². The molecule has 0 spiro atoms. The molecule has 2 heterocycles. The van der Waals surface area contributed by atoms with Crippen molar-refractivity contribution in [3.63, 3.8) is 0 Å². The number of nitrogens with one attached hydrogen (secondary N) is 1. The first-order chi connectivity index (χ1) is 14.0. The lowest BCUT2D eigenvalue weighted by molar-refractivity contribution is 0.0944. The molecular weight excluding hydrogens is 388 g/mol. The predicted molar refractivity (Wildman–Crippen MR) is 112 cm³/mol. The second-order valence-electron chi connectivity index (χ2n) is 6.79. The highest BCUT2D eigenvalue weighted by Gasteiger charge is 2.13. The van der Waals surface area contributed by atoms with Gasteiger partial charge in [-0.2, -0.15) is 0 Å². The molecule has 0 bridgehead atoms. The van der Waals surface area contributed by atoms with Crippen LogP contribution >= 0.6 is 11.6 Å². The molecule has 0 saturated carbocycles. The van der Waals surface area contributed by atoms with Gasteiger partial charge in [0.2, 0.25) is 5.55 Å². The zero-order valence-electron chi connectivity index (χ0n) is 16.0. The van der Waals surface area contributed by atoms with Crippen molar-refractivity contribution in [3.05, 3.63) is 93.9 Å². The van der Waals surface area contributed by atoms with E-state index in [1.165, 1.54) is 5.56 Å². The Morgan fingerprint density at radius 1 is 1.07 bits per heavy atom. The minimum absolute atomic E-state index is 0.236. The van der Waals surface area contributed by atoms with E-state index in [1.807, 2.05) is 32.0 Å². The van der Waals surface area contributed by atoms with Gasteiger partial charge >= 0.3 is 0 Å². The smallest absolute Gasteiger partial charge is 0.257 e. The summed E-state index contributed by atoms with van der Waals surface area (Å²) in [4.78, 5) is 17.5. The quantitative estimate of drug-likeness (QED) is 0.489. The molecule has 2 aromatic carbocycles. The first-order valence-corrected chi connectivity index (χ1v) is 9.53. The van der Waals surface area contributed by atoms with Gasteiger partial charge in [0, 0.05) is 10.4 Å². The van der Waals surface area contributed by atoms with Crippen molar-refractivity contribution >= 4 is 34.2 Å². The Hall–Kier alpha value is -3.31. The van der Waals surface area contributed by atoms with Crippen molar-refractivity contribution in [1.82, 2.24) is 5.32 Å². The van der Waals surface area contributed by atoms with Crippen LogP contribution < -0.4 is 10.9 Å². The lowest BCUT2D eigenvalue weighted by atomic mass is 10.1. The van der Waals surface area contributed by atoms with Crippen LogP contribution in [0.25, 0.3) is 11.0 Å². The summed E-state index contributed by atoms with van der Waals surface area (Å²) in [6.07, 6.45) is 1.56. The number of carbonyl (C=O) groups is 1. The first kappa shape index (κ1) is 19.0. The summed E-state index contributed by atoms with van der Waals surface area (Å²) < 4.78 is 11.2. The number of amides is 1. The van der Waals surface area contributed by atoms with E-state index in [1.54, 1.807) is 42.7 Å². The number of carbonyl (C=O) groups excluding carboxylic acids is 1. The molecule has 0 radical (unpaired) electrons. The van der Waals surface area contributed by atoms with Gasteiger partial charge in [0.1, 0.15) is 16.9 Å². The van der Waals surface area contributed by atoms with Crippen molar-refractivity contribution in [2.75, 3.05) is 0 Å². The number of hydrogen-bond donors (Lipinski definition) is 1. The molecule has 4 aromatic rings. The Morgan fingerprint density at radius 2 is 1.93 bits per heavy atom. The molecule has 5 nitrogen and oxygen atoms in total. The van der Waals surface area contributed by atoms with Crippen LogP contribution in [0.5, 0.6) is 0 Å². The Labute approximate surface area is 172 Å². The molecule has 6 heteroatoms. The second-order valence-corrected chi connectivity index (χ2v) is 7.23. The van der Waals surface area contributed by atoms with Gasteiger partial charge in [-0.1, -0.05) is 17.7 Å². The number of aryl methyl sites for hydroxylation is 2. The van der Waals surface area contributed by atoms with Crippen LogP contribution in [-0.4, -0.2) is 5.91 Å². The van der Waals surface area contributed by atoms with Crippen LogP contribution in [0.2, 0.25) is 5.02 Å². The average Bonchev–Trinajstić information content (AvgIpc) is 3.22. The third kappa shape index (κ3) is 4.25. The molecule has 0 unspecified atom stereocenters. The van der Waals surface area contributed by atoms with E-state index in [0.717, 1.165) is 10.9 Å². The summed E-state index contributed by atoms with van der Waals surface area (Å²) in [6, 6.07) is 16.4. The van der Waals surface area contributed by atoms with Crippen LogP contribution in [0.1, 0.15) is 27.2 Å². The van der Waals surface area contributed by atoms with Gasteiger partial charge in [0.15, 0.2) is 0 Å². The summed E-state index contributed by atoms with van der Waals surface area (Å²) in [5.41, 5.74) is 4.16. The third-order valence-corrected chi connectivity index (χ3v) is 4.91. The molecule has 0 aliphatic heterocycles.